The van der Waals surface area contributed by atoms with Crippen LogP contribution < -0.4 is 11.1 Å². The van der Waals surface area contributed by atoms with Gasteiger partial charge in [-0.15, -0.1) is 0 Å². The Morgan fingerprint density at radius 2 is 2.21 bits per heavy atom. The number of carbonyl (C=O) groups is 1. The molecule has 2 unspecified atom stereocenters. The molecule has 0 aromatic carbocycles. The zero-order chi connectivity index (χ0) is 11.0. The Balaban J connectivity index is 3.55. The number of hydrogen-bond acceptors (Lipinski definition) is 4. The molecule has 5 heteroatoms. The molecule has 4 N–H and O–H groups in total. The maximum absolute atomic E-state index is 10.8. The van der Waals surface area contributed by atoms with Crippen LogP contribution in [0.1, 0.15) is 19.8 Å². The smallest absolute Gasteiger partial charge is 0.234 e. The van der Waals surface area contributed by atoms with Gasteiger partial charge in [0.15, 0.2) is 0 Å². The predicted octanol–water partition coefficient (Wildman–Crippen LogP) is -0.0461. The lowest BCUT2D eigenvalue weighted by Gasteiger charge is -2.13. The molecule has 1 amide bonds. The zero-order valence-corrected chi connectivity index (χ0v) is 9.64. The minimum atomic E-state index is -0.303. The number of nitrogens with two attached hydrogens (primary N) is 1. The molecule has 0 aromatic rings. The van der Waals surface area contributed by atoms with Crippen LogP contribution in [0.15, 0.2) is 0 Å². The third kappa shape index (κ3) is 6.23. The van der Waals surface area contributed by atoms with Crippen LogP contribution >= 0.6 is 11.8 Å². The van der Waals surface area contributed by atoms with Gasteiger partial charge in [-0.3, -0.25) is 4.79 Å². The van der Waals surface area contributed by atoms with E-state index in [-0.39, 0.29) is 18.6 Å². The van der Waals surface area contributed by atoms with Crippen LogP contribution in [0.5, 0.6) is 0 Å². The van der Waals surface area contributed by atoms with Gasteiger partial charge in [-0.1, -0.05) is 6.92 Å². The van der Waals surface area contributed by atoms with Crippen LogP contribution in [0.3, 0.4) is 0 Å². The van der Waals surface area contributed by atoms with Gasteiger partial charge in [-0.2, -0.15) is 11.8 Å². The molecular formula is C9H20N2O2S. The van der Waals surface area contributed by atoms with Crippen molar-refractivity contribution in [3.05, 3.63) is 0 Å². The molecular weight excluding hydrogens is 200 g/mol. The summed E-state index contributed by atoms with van der Waals surface area (Å²) < 4.78 is 0. The minimum Gasteiger partial charge on any atom is -0.396 e. The minimum absolute atomic E-state index is 0.222. The largest absolute Gasteiger partial charge is 0.396 e. The second-order valence-electron chi connectivity index (χ2n) is 3.23. The fourth-order valence-corrected chi connectivity index (χ4v) is 2.13. The van der Waals surface area contributed by atoms with Gasteiger partial charge in [-0.25, -0.2) is 0 Å². The van der Waals surface area contributed by atoms with Gasteiger partial charge in [0.25, 0.3) is 0 Å². The highest BCUT2D eigenvalue weighted by molar-refractivity contribution is 7.99. The first-order valence-corrected chi connectivity index (χ1v) is 5.85. The molecule has 4 nitrogen and oxygen atoms in total. The fraction of sp³-hybridized carbons (Fsp3) is 0.889. The average Bonchev–Trinajstić information content (AvgIpc) is 2.12. The van der Waals surface area contributed by atoms with E-state index in [2.05, 4.69) is 12.2 Å². The summed E-state index contributed by atoms with van der Waals surface area (Å²) in [4.78, 5) is 10.8. The van der Waals surface area contributed by atoms with Crippen LogP contribution in [-0.2, 0) is 4.79 Å². The summed E-state index contributed by atoms with van der Waals surface area (Å²) in [6.45, 7) is 2.29. The van der Waals surface area contributed by atoms with Gasteiger partial charge in [0.2, 0.25) is 5.91 Å². The Kier molecular flexibility index (Phi) is 7.93. The summed E-state index contributed by atoms with van der Waals surface area (Å²) in [5, 5.41) is 12.0. The van der Waals surface area contributed by atoms with Crippen molar-refractivity contribution in [1.82, 2.24) is 5.32 Å². The summed E-state index contributed by atoms with van der Waals surface area (Å²) >= 11 is 1.75. The Morgan fingerprint density at radius 3 is 2.64 bits per heavy atom. The molecule has 0 fully saturated rings. The molecule has 0 spiro atoms. The second-order valence-corrected chi connectivity index (χ2v) is 4.77. The Labute approximate surface area is 89.6 Å². The van der Waals surface area contributed by atoms with Crippen LogP contribution in [0.4, 0.5) is 0 Å². The molecule has 0 bridgehead atoms. The molecule has 0 aliphatic heterocycles. The van der Waals surface area contributed by atoms with Crippen molar-refractivity contribution in [1.29, 1.82) is 0 Å². The van der Waals surface area contributed by atoms with Crippen molar-refractivity contribution >= 4 is 17.7 Å². The molecule has 84 valence electrons. The molecule has 0 aliphatic carbocycles. The monoisotopic (exact) mass is 220 g/mol. The lowest BCUT2D eigenvalue weighted by atomic mass is 10.2. The molecule has 0 saturated heterocycles. The molecule has 0 heterocycles. The Hall–Kier alpha value is -0.260. The molecule has 0 aliphatic rings. The van der Waals surface area contributed by atoms with Crippen LogP contribution in [0.25, 0.3) is 0 Å². The predicted molar refractivity (Wildman–Crippen MR) is 60.3 cm³/mol. The van der Waals surface area contributed by atoms with Gasteiger partial charge < -0.3 is 16.2 Å². The van der Waals surface area contributed by atoms with Gasteiger partial charge in [0, 0.05) is 11.9 Å². The third-order valence-corrected chi connectivity index (χ3v) is 3.31. The van der Waals surface area contributed by atoms with E-state index in [1.165, 1.54) is 0 Å². The van der Waals surface area contributed by atoms with Gasteiger partial charge in [-0.05, 0) is 25.6 Å². The Bertz CT molecular complexity index is 167. The lowest BCUT2D eigenvalue weighted by molar-refractivity contribution is -0.119. The van der Waals surface area contributed by atoms with Crippen molar-refractivity contribution in [3.8, 4) is 0 Å². The summed E-state index contributed by atoms with van der Waals surface area (Å²) in [6, 6.07) is -0.233. The zero-order valence-electron chi connectivity index (χ0n) is 8.82. The van der Waals surface area contributed by atoms with Crippen molar-refractivity contribution in [3.63, 3.8) is 0 Å². The molecule has 0 saturated carbocycles. The van der Waals surface area contributed by atoms with Crippen molar-refractivity contribution in [2.24, 2.45) is 5.73 Å². The summed E-state index contributed by atoms with van der Waals surface area (Å²) in [7, 11) is 1.73. The average molecular weight is 220 g/mol. The molecule has 0 aromatic heterocycles. The number of hydrogen-bond donors (Lipinski definition) is 3. The first kappa shape index (κ1) is 13.7. The number of amides is 1. The number of nitrogens with one attached hydrogen (secondary N) is 1. The molecule has 0 rings (SSSR count). The maximum Gasteiger partial charge on any atom is 0.234 e. The van der Waals surface area contributed by atoms with E-state index in [9.17, 15) is 4.79 Å². The highest BCUT2D eigenvalue weighted by Crippen LogP contribution is 2.15. The first-order valence-electron chi connectivity index (χ1n) is 4.80. The van der Waals surface area contributed by atoms with Crippen LogP contribution in [0, 0.1) is 0 Å². The summed E-state index contributed by atoms with van der Waals surface area (Å²) in [5.74, 6) is 0.582. The summed E-state index contributed by atoms with van der Waals surface area (Å²) in [5.41, 5.74) is 5.17. The van der Waals surface area contributed by atoms with Crippen molar-refractivity contribution < 1.29 is 9.90 Å². The van der Waals surface area contributed by atoms with Crippen molar-refractivity contribution in [2.75, 3.05) is 19.4 Å². The summed E-state index contributed by atoms with van der Waals surface area (Å²) in [6.07, 6.45) is 1.54. The number of aliphatic hydroxyl groups excluding tert-OH is 1. The molecule has 14 heavy (non-hydrogen) atoms. The van der Waals surface area contributed by atoms with E-state index < -0.39 is 0 Å². The quantitative estimate of drug-likeness (QED) is 0.536. The Morgan fingerprint density at radius 1 is 1.57 bits per heavy atom. The van der Waals surface area contributed by atoms with Crippen molar-refractivity contribution in [2.45, 2.75) is 31.1 Å². The number of carbonyl (C=O) groups excluding carboxylic acids is 1. The van der Waals surface area contributed by atoms with Gasteiger partial charge in [0.05, 0.1) is 6.04 Å². The highest BCUT2D eigenvalue weighted by atomic mass is 32.2. The maximum atomic E-state index is 10.8. The number of likely N-dealkylation sites (N-methyl/N-ethyl adjacent to an activating group) is 1. The molecule has 0 radical (unpaired) electrons. The SMILES string of the molecule is CNC(CCSC(C)CCO)C(N)=O. The molecule has 2 atom stereocenters. The van der Waals surface area contributed by atoms with E-state index in [4.69, 9.17) is 10.8 Å². The number of aliphatic hydroxyl groups is 1. The fourth-order valence-electron chi connectivity index (χ4n) is 1.08. The number of thioether (sulfide) groups is 1. The van der Waals surface area contributed by atoms with Crippen LogP contribution in [-0.4, -0.2) is 41.7 Å². The van der Waals surface area contributed by atoms with Gasteiger partial charge in [0.1, 0.15) is 0 Å². The van der Waals surface area contributed by atoms with E-state index in [0.29, 0.717) is 5.25 Å². The van der Waals surface area contributed by atoms with Gasteiger partial charge >= 0.3 is 0 Å². The normalized spacial score (nSPS) is 15.1. The second kappa shape index (κ2) is 8.08. The van der Waals surface area contributed by atoms with E-state index >= 15 is 0 Å². The standard InChI is InChI=1S/C9H20N2O2S/c1-7(3-5-12)14-6-4-8(11-2)9(10)13/h7-8,11-12H,3-6H2,1-2H3,(H2,10,13). The topological polar surface area (TPSA) is 75.3 Å². The highest BCUT2D eigenvalue weighted by Gasteiger charge is 2.12. The third-order valence-electron chi connectivity index (χ3n) is 2.04. The van der Waals surface area contributed by atoms with E-state index in [0.717, 1.165) is 18.6 Å². The number of primary amides is 1. The van der Waals surface area contributed by atoms with Crippen LogP contribution in [0.2, 0.25) is 0 Å². The van der Waals surface area contributed by atoms with E-state index in [1.807, 2.05) is 0 Å². The lowest BCUT2D eigenvalue weighted by Crippen LogP contribution is -2.39. The number of rotatable bonds is 8. The van der Waals surface area contributed by atoms with E-state index in [1.54, 1.807) is 18.8 Å². The first-order chi connectivity index (χ1) is 6.61.